The van der Waals surface area contributed by atoms with Gasteiger partial charge < -0.3 is 15.5 Å². The number of hydrogen-bond donors (Lipinski definition) is 2. The molecule has 8 heteroatoms. The first kappa shape index (κ1) is 20.4. The lowest BCUT2D eigenvalue weighted by molar-refractivity contribution is -0.128. The molecule has 2 saturated heterocycles. The molecule has 1 aromatic rings. The molecule has 0 bridgehead atoms. The van der Waals surface area contributed by atoms with Crippen LogP contribution in [0.5, 0.6) is 0 Å². The zero-order valence-corrected chi connectivity index (χ0v) is 16.3. The third-order valence-corrected chi connectivity index (χ3v) is 5.80. The van der Waals surface area contributed by atoms with Crippen molar-refractivity contribution in [3.05, 3.63) is 29.3 Å². The van der Waals surface area contributed by atoms with Crippen molar-refractivity contribution in [1.82, 2.24) is 10.6 Å². The minimum absolute atomic E-state index is 0. The maximum atomic E-state index is 12.7. The standard InChI is InChI=1S/C17H22ClN3O2S.ClH/c18-13-4-1-2-6-15(13)21-8-3-5-14(17(21)23)20-16(22)10-12-11-24-9-7-19-12;/h1-2,4,6,12,14,19H,3,5,7-11H2,(H,20,22);1H. The van der Waals surface area contributed by atoms with Crippen molar-refractivity contribution in [2.75, 3.05) is 29.5 Å². The molecular weight excluding hydrogens is 381 g/mol. The lowest BCUT2D eigenvalue weighted by atomic mass is 10.0. The molecule has 2 aliphatic heterocycles. The number of anilines is 1. The summed E-state index contributed by atoms with van der Waals surface area (Å²) in [7, 11) is 0. The van der Waals surface area contributed by atoms with Crippen molar-refractivity contribution in [3.8, 4) is 0 Å². The second kappa shape index (κ2) is 9.67. The second-order valence-electron chi connectivity index (χ2n) is 6.13. The average molecular weight is 404 g/mol. The second-order valence-corrected chi connectivity index (χ2v) is 7.69. The summed E-state index contributed by atoms with van der Waals surface area (Å²) in [4.78, 5) is 26.7. The predicted octanol–water partition coefficient (Wildman–Crippen LogP) is 2.47. The quantitative estimate of drug-likeness (QED) is 0.810. The van der Waals surface area contributed by atoms with Gasteiger partial charge in [0.05, 0.1) is 10.7 Å². The number of piperidine rings is 1. The number of benzene rings is 1. The number of hydrogen-bond acceptors (Lipinski definition) is 4. The maximum absolute atomic E-state index is 12.7. The highest BCUT2D eigenvalue weighted by molar-refractivity contribution is 7.99. The zero-order chi connectivity index (χ0) is 16.9. The maximum Gasteiger partial charge on any atom is 0.249 e. The fraction of sp³-hybridized carbons (Fsp3) is 0.529. The Balaban J connectivity index is 0.00000225. The van der Waals surface area contributed by atoms with Crippen LogP contribution in [0, 0.1) is 0 Å². The van der Waals surface area contributed by atoms with E-state index in [-0.39, 0.29) is 30.3 Å². The minimum Gasteiger partial charge on any atom is -0.344 e. The van der Waals surface area contributed by atoms with Crippen molar-refractivity contribution >= 4 is 53.3 Å². The Morgan fingerprint density at radius 1 is 1.40 bits per heavy atom. The van der Waals surface area contributed by atoms with E-state index < -0.39 is 6.04 Å². The molecule has 1 aromatic carbocycles. The molecule has 0 spiro atoms. The number of nitrogens with zero attached hydrogens (tertiary/aromatic N) is 1. The van der Waals surface area contributed by atoms with E-state index in [1.807, 2.05) is 30.0 Å². The van der Waals surface area contributed by atoms with Crippen LogP contribution >= 0.6 is 35.8 Å². The van der Waals surface area contributed by atoms with Crippen molar-refractivity contribution in [2.45, 2.75) is 31.3 Å². The van der Waals surface area contributed by atoms with Crippen molar-refractivity contribution in [1.29, 1.82) is 0 Å². The summed E-state index contributed by atoms with van der Waals surface area (Å²) in [5, 5.41) is 6.82. The van der Waals surface area contributed by atoms with Gasteiger partial charge in [-0.3, -0.25) is 9.59 Å². The molecule has 2 heterocycles. The van der Waals surface area contributed by atoms with Crippen molar-refractivity contribution < 1.29 is 9.59 Å². The first-order chi connectivity index (χ1) is 11.6. The van der Waals surface area contributed by atoms with E-state index >= 15 is 0 Å². The van der Waals surface area contributed by atoms with Gasteiger partial charge in [0.15, 0.2) is 0 Å². The van der Waals surface area contributed by atoms with Gasteiger partial charge >= 0.3 is 0 Å². The molecule has 0 saturated carbocycles. The van der Waals surface area contributed by atoms with Crippen LogP contribution < -0.4 is 15.5 Å². The highest BCUT2D eigenvalue weighted by Gasteiger charge is 2.32. The molecular formula is C17H23Cl2N3O2S. The monoisotopic (exact) mass is 403 g/mol. The molecule has 2 aliphatic rings. The van der Waals surface area contributed by atoms with E-state index in [9.17, 15) is 9.59 Å². The van der Waals surface area contributed by atoms with Gasteiger partial charge in [0.2, 0.25) is 11.8 Å². The number of halogens is 2. The number of para-hydroxylation sites is 1. The summed E-state index contributed by atoms with van der Waals surface area (Å²) < 4.78 is 0. The molecule has 3 rings (SSSR count). The minimum atomic E-state index is -0.459. The molecule has 2 amide bonds. The van der Waals surface area contributed by atoms with Crippen LogP contribution in [0.4, 0.5) is 5.69 Å². The van der Waals surface area contributed by atoms with E-state index in [4.69, 9.17) is 11.6 Å². The number of rotatable bonds is 4. The van der Waals surface area contributed by atoms with Gasteiger partial charge in [-0.25, -0.2) is 0 Å². The number of thioether (sulfide) groups is 1. The summed E-state index contributed by atoms with van der Waals surface area (Å²) in [6.45, 7) is 1.57. The van der Waals surface area contributed by atoms with Crippen LogP contribution in [0.2, 0.25) is 5.02 Å². The molecule has 2 N–H and O–H groups in total. The Morgan fingerprint density at radius 2 is 2.20 bits per heavy atom. The highest BCUT2D eigenvalue weighted by Crippen LogP contribution is 2.28. The van der Waals surface area contributed by atoms with Gasteiger partial charge in [0, 0.05) is 37.1 Å². The Hall–Kier alpha value is -0.950. The Morgan fingerprint density at radius 3 is 2.92 bits per heavy atom. The van der Waals surface area contributed by atoms with Crippen LogP contribution in [0.25, 0.3) is 0 Å². The summed E-state index contributed by atoms with van der Waals surface area (Å²) >= 11 is 8.07. The molecule has 0 aromatic heterocycles. The van der Waals surface area contributed by atoms with Crippen LogP contribution in [0.1, 0.15) is 19.3 Å². The van der Waals surface area contributed by atoms with E-state index in [0.29, 0.717) is 30.1 Å². The molecule has 0 radical (unpaired) electrons. The largest absolute Gasteiger partial charge is 0.344 e. The molecule has 138 valence electrons. The number of nitrogens with one attached hydrogen (secondary N) is 2. The summed E-state index contributed by atoms with van der Waals surface area (Å²) in [6, 6.07) is 7.06. The van der Waals surface area contributed by atoms with Crippen LogP contribution in [0.3, 0.4) is 0 Å². The zero-order valence-electron chi connectivity index (χ0n) is 13.9. The summed E-state index contributed by atoms with van der Waals surface area (Å²) in [5.74, 6) is 1.90. The van der Waals surface area contributed by atoms with E-state index in [1.54, 1.807) is 11.0 Å². The Bertz CT molecular complexity index is 611. The van der Waals surface area contributed by atoms with Crippen molar-refractivity contribution in [3.63, 3.8) is 0 Å². The number of amides is 2. The van der Waals surface area contributed by atoms with Crippen LogP contribution in [-0.2, 0) is 9.59 Å². The van der Waals surface area contributed by atoms with Gasteiger partial charge in [0.25, 0.3) is 0 Å². The third-order valence-electron chi connectivity index (χ3n) is 4.35. The Kier molecular flexibility index (Phi) is 7.87. The van der Waals surface area contributed by atoms with Gasteiger partial charge in [-0.05, 0) is 25.0 Å². The van der Waals surface area contributed by atoms with Gasteiger partial charge in [-0.15, -0.1) is 12.4 Å². The smallest absolute Gasteiger partial charge is 0.249 e. The van der Waals surface area contributed by atoms with Crippen LogP contribution in [0.15, 0.2) is 24.3 Å². The number of carbonyl (C=O) groups is 2. The first-order valence-electron chi connectivity index (χ1n) is 8.31. The first-order valence-corrected chi connectivity index (χ1v) is 9.85. The fourth-order valence-corrected chi connectivity index (χ4v) is 4.33. The molecule has 2 fully saturated rings. The molecule has 0 aliphatic carbocycles. The molecule has 5 nitrogen and oxygen atoms in total. The fourth-order valence-electron chi connectivity index (χ4n) is 3.15. The van der Waals surface area contributed by atoms with Gasteiger partial charge in [-0.1, -0.05) is 23.7 Å². The van der Waals surface area contributed by atoms with E-state index in [2.05, 4.69) is 10.6 Å². The highest BCUT2D eigenvalue weighted by atomic mass is 35.5. The lowest BCUT2D eigenvalue weighted by Gasteiger charge is -2.33. The SMILES string of the molecule is Cl.O=C(CC1CSCCN1)NC1CCCN(c2ccccc2Cl)C1=O. The van der Waals surface area contributed by atoms with E-state index in [1.165, 1.54) is 0 Å². The Labute approximate surface area is 163 Å². The van der Waals surface area contributed by atoms with Gasteiger partial charge in [0.1, 0.15) is 6.04 Å². The number of carbonyl (C=O) groups excluding carboxylic acids is 2. The average Bonchev–Trinajstić information content (AvgIpc) is 2.58. The van der Waals surface area contributed by atoms with Crippen molar-refractivity contribution in [2.24, 2.45) is 0 Å². The summed E-state index contributed by atoms with van der Waals surface area (Å²) in [5.41, 5.74) is 0.716. The molecule has 2 unspecified atom stereocenters. The topological polar surface area (TPSA) is 61.4 Å². The van der Waals surface area contributed by atoms with Gasteiger partial charge in [-0.2, -0.15) is 11.8 Å². The van der Waals surface area contributed by atoms with Crippen LogP contribution in [-0.4, -0.2) is 48.5 Å². The molecule has 2 atom stereocenters. The lowest BCUT2D eigenvalue weighted by Crippen LogP contribution is -2.53. The normalized spacial score (nSPS) is 23.7. The predicted molar refractivity (Wildman–Crippen MR) is 106 cm³/mol. The molecule has 25 heavy (non-hydrogen) atoms. The third kappa shape index (κ3) is 5.26. The summed E-state index contributed by atoms with van der Waals surface area (Å²) in [6.07, 6.45) is 1.95. The van der Waals surface area contributed by atoms with E-state index in [0.717, 1.165) is 24.5 Å².